The molecule has 0 spiro atoms. The van der Waals surface area contributed by atoms with Gasteiger partial charge in [-0.3, -0.25) is 0 Å². The quantitative estimate of drug-likeness (QED) is 0.725. The predicted octanol–water partition coefficient (Wildman–Crippen LogP) is 3.41. The fourth-order valence-corrected chi connectivity index (χ4v) is 3.52. The van der Waals surface area contributed by atoms with Gasteiger partial charge < -0.3 is 14.6 Å². The van der Waals surface area contributed by atoms with Gasteiger partial charge in [-0.2, -0.15) is 0 Å². The van der Waals surface area contributed by atoms with Crippen molar-refractivity contribution >= 4 is 44.3 Å². The Labute approximate surface area is 146 Å². The second-order valence-electron chi connectivity index (χ2n) is 5.62. The van der Waals surface area contributed by atoms with E-state index < -0.39 is 0 Å². The van der Waals surface area contributed by atoms with Gasteiger partial charge in [-0.25, -0.2) is 9.97 Å². The molecule has 2 aromatic heterocycles. The number of β-amino-alcohol motifs (C(OH)–C–C–N with tert-alkyl or cyclic N) is 1. The van der Waals surface area contributed by atoms with E-state index in [2.05, 4.69) is 25.8 Å². The molecule has 0 radical (unpaired) electrons. The lowest BCUT2D eigenvalue weighted by molar-refractivity contribution is 0.198. The van der Waals surface area contributed by atoms with Gasteiger partial charge in [0.2, 0.25) is 0 Å². The largest absolute Gasteiger partial charge is 0.391 e. The molecule has 0 saturated carbocycles. The maximum Gasteiger partial charge on any atom is 0.131 e. The van der Waals surface area contributed by atoms with E-state index in [1.54, 1.807) is 12.5 Å². The van der Waals surface area contributed by atoms with Gasteiger partial charge in [0.25, 0.3) is 0 Å². The zero-order valence-corrected chi connectivity index (χ0v) is 14.5. The number of pyridine rings is 1. The van der Waals surface area contributed by atoms with Gasteiger partial charge in [-0.1, -0.05) is 11.6 Å². The van der Waals surface area contributed by atoms with Crippen LogP contribution < -0.4 is 4.90 Å². The van der Waals surface area contributed by atoms with Crippen LogP contribution in [0.15, 0.2) is 41.4 Å². The van der Waals surface area contributed by atoms with Crippen molar-refractivity contribution in [3.05, 3.63) is 46.4 Å². The average Bonchev–Trinajstić information content (AvgIpc) is 3.21. The number of rotatable bonds is 2. The molecule has 3 aromatic rings. The van der Waals surface area contributed by atoms with Crippen LogP contribution in [0.25, 0.3) is 16.6 Å². The Hall–Kier alpha value is -1.63. The maximum atomic E-state index is 9.81. The van der Waals surface area contributed by atoms with Crippen LogP contribution in [0.2, 0.25) is 5.02 Å². The number of halogens is 2. The smallest absolute Gasteiger partial charge is 0.131 e. The molecule has 4 rings (SSSR count). The Kier molecular flexibility index (Phi) is 3.75. The van der Waals surface area contributed by atoms with Crippen molar-refractivity contribution in [3.63, 3.8) is 0 Å². The fraction of sp³-hybridized carbons (Fsp3) is 0.250. The summed E-state index contributed by atoms with van der Waals surface area (Å²) in [7, 11) is 0. The lowest BCUT2D eigenvalue weighted by atomic mass is 10.1. The summed E-state index contributed by atoms with van der Waals surface area (Å²) in [5.41, 5.74) is 1.79. The highest BCUT2D eigenvalue weighted by Crippen LogP contribution is 2.35. The third-order valence-corrected chi connectivity index (χ3v) is 5.45. The summed E-state index contributed by atoms with van der Waals surface area (Å²) in [5, 5.41) is 11.4. The van der Waals surface area contributed by atoms with Crippen molar-refractivity contribution in [2.75, 3.05) is 18.0 Å². The van der Waals surface area contributed by atoms with Crippen molar-refractivity contribution in [1.82, 2.24) is 14.5 Å². The van der Waals surface area contributed by atoms with Crippen molar-refractivity contribution in [1.29, 1.82) is 0 Å². The molecule has 0 unspecified atom stereocenters. The summed E-state index contributed by atoms with van der Waals surface area (Å²) in [5.74, 6) is 0.834. The Morgan fingerprint density at radius 3 is 2.91 bits per heavy atom. The molecule has 118 valence electrons. The number of aliphatic hydroxyl groups is 1. The standard InChI is InChI=1S/C16H14BrClN4O/c17-15-12(18)2-1-11-13(22-6-4-19-9-22)7-14(20-16(11)15)21-5-3-10(23)8-21/h1-2,4,6-7,9-10,23H,3,5,8H2/t10-/m0/s1. The van der Waals surface area contributed by atoms with E-state index in [1.807, 2.05) is 29.0 Å². The van der Waals surface area contributed by atoms with Crippen LogP contribution >= 0.6 is 27.5 Å². The highest BCUT2D eigenvalue weighted by molar-refractivity contribution is 9.10. The summed E-state index contributed by atoms with van der Waals surface area (Å²) in [4.78, 5) is 11.0. The molecule has 1 fully saturated rings. The molecule has 5 nitrogen and oxygen atoms in total. The molecule has 1 aromatic carbocycles. The summed E-state index contributed by atoms with van der Waals surface area (Å²) in [6, 6.07) is 5.85. The monoisotopic (exact) mass is 392 g/mol. The molecule has 0 bridgehead atoms. The van der Waals surface area contributed by atoms with E-state index in [9.17, 15) is 5.11 Å². The minimum absolute atomic E-state index is 0.299. The third-order valence-electron chi connectivity index (χ3n) is 4.11. The second-order valence-corrected chi connectivity index (χ2v) is 6.82. The summed E-state index contributed by atoms with van der Waals surface area (Å²) >= 11 is 9.79. The van der Waals surface area contributed by atoms with E-state index >= 15 is 0 Å². The highest BCUT2D eigenvalue weighted by atomic mass is 79.9. The van der Waals surface area contributed by atoms with Gasteiger partial charge in [0, 0.05) is 36.9 Å². The number of hydrogen-bond acceptors (Lipinski definition) is 4. The Morgan fingerprint density at radius 2 is 2.22 bits per heavy atom. The second kappa shape index (κ2) is 5.78. The minimum atomic E-state index is -0.299. The molecule has 0 aliphatic carbocycles. The van der Waals surface area contributed by atoms with Gasteiger partial charge in [-0.15, -0.1) is 0 Å². The first-order valence-corrected chi connectivity index (χ1v) is 8.50. The fourth-order valence-electron chi connectivity index (χ4n) is 2.93. The lowest BCUT2D eigenvalue weighted by Crippen LogP contribution is -2.22. The zero-order valence-electron chi connectivity index (χ0n) is 12.2. The molecule has 23 heavy (non-hydrogen) atoms. The summed E-state index contributed by atoms with van der Waals surface area (Å²) < 4.78 is 2.74. The first-order valence-electron chi connectivity index (χ1n) is 7.33. The predicted molar refractivity (Wildman–Crippen MR) is 94.4 cm³/mol. The van der Waals surface area contributed by atoms with Gasteiger partial charge in [0.15, 0.2) is 0 Å². The number of fused-ring (bicyclic) bond motifs is 1. The summed E-state index contributed by atoms with van der Waals surface area (Å²) in [6.45, 7) is 1.39. The SMILES string of the molecule is O[C@H]1CCN(c2cc(-n3ccnc3)c3ccc(Cl)c(Br)c3n2)C1. The topological polar surface area (TPSA) is 54.2 Å². The first-order chi connectivity index (χ1) is 11.1. The van der Waals surface area contributed by atoms with E-state index in [1.165, 1.54) is 0 Å². The Morgan fingerprint density at radius 1 is 1.35 bits per heavy atom. The molecule has 1 atom stereocenters. The van der Waals surface area contributed by atoms with Crippen molar-refractivity contribution in [3.8, 4) is 5.69 Å². The van der Waals surface area contributed by atoms with Crippen LogP contribution in [0.4, 0.5) is 5.82 Å². The third kappa shape index (κ3) is 2.60. The number of benzene rings is 1. The molecule has 7 heteroatoms. The molecular formula is C16H14BrClN4O. The maximum absolute atomic E-state index is 9.81. The van der Waals surface area contributed by atoms with E-state index in [0.717, 1.165) is 39.8 Å². The van der Waals surface area contributed by atoms with Gasteiger partial charge in [0.05, 0.1) is 33.1 Å². The van der Waals surface area contributed by atoms with Crippen molar-refractivity contribution < 1.29 is 5.11 Å². The highest BCUT2D eigenvalue weighted by Gasteiger charge is 2.23. The van der Waals surface area contributed by atoms with Crippen LogP contribution in [0.5, 0.6) is 0 Å². The first kappa shape index (κ1) is 14.9. The van der Waals surface area contributed by atoms with E-state index in [-0.39, 0.29) is 6.10 Å². The normalized spacial score (nSPS) is 18.0. The van der Waals surface area contributed by atoms with E-state index in [0.29, 0.717) is 11.6 Å². The molecule has 1 aliphatic rings. The summed E-state index contributed by atoms with van der Waals surface area (Å²) in [6.07, 6.45) is 5.87. The van der Waals surface area contributed by atoms with Gasteiger partial charge in [-0.05, 0) is 34.5 Å². The molecule has 1 aliphatic heterocycles. The van der Waals surface area contributed by atoms with Crippen LogP contribution in [0, 0.1) is 0 Å². The number of nitrogens with zero attached hydrogens (tertiary/aromatic N) is 4. The number of imidazole rings is 1. The molecule has 0 amide bonds. The number of aliphatic hydroxyl groups excluding tert-OH is 1. The lowest BCUT2D eigenvalue weighted by Gasteiger charge is -2.19. The number of anilines is 1. The van der Waals surface area contributed by atoms with Crippen LogP contribution in [-0.2, 0) is 0 Å². The van der Waals surface area contributed by atoms with Crippen molar-refractivity contribution in [2.45, 2.75) is 12.5 Å². The van der Waals surface area contributed by atoms with Crippen LogP contribution in [-0.4, -0.2) is 38.8 Å². The van der Waals surface area contributed by atoms with Crippen molar-refractivity contribution in [2.24, 2.45) is 0 Å². The molecule has 3 heterocycles. The number of aromatic nitrogens is 3. The average molecular weight is 394 g/mol. The molecule has 1 N–H and O–H groups in total. The Bertz CT molecular complexity index is 868. The minimum Gasteiger partial charge on any atom is -0.391 e. The number of hydrogen-bond donors (Lipinski definition) is 1. The molecule has 1 saturated heterocycles. The van der Waals surface area contributed by atoms with E-state index in [4.69, 9.17) is 16.6 Å². The van der Waals surface area contributed by atoms with Gasteiger partial charge >= 0.3 is 0 Å². The zero-order chi connectivity index (χ0) is 16.0. The Balaban J connectivity index is 1.96. The molecular weight excluding hydrogens is 380 g/mol. The van der Waals surface area contributed by atoms with Gasteiger partial charge in [0.1, 0.15) is 5.82 Å². The van der Waals surface area contributed by atoms with Crippen LogP contribution in [0.3, 0.4) is 0 Å². The van der Waals surface area contributed by atoms with Crippen LogP contribution in [0.1, 0.15) is 6.42 Å².